The van der Waals surface area contributed by atoms with E-state index in [0.717, 1.165) is 23.1 Å². The Morgan fingerprint density at radius 2 is 2.06 bits per heavy atom. The molecule has 2 N–H and O–H groups in total. The standard InChI is InChI=1S/C25H30N4O4/c1-4-19-14-20(10-12-28(19)25(31)32)33-21-6-8-23(26-15-21)29-11-9-17-13-18(5-7-22(17)29)24(30)27-16(2)3/h5-9,11,13,15-16,19-20H,4,10,12,14H2,1-3H3,(H,27,30)(H,31,32). The van der Waals surface area contributed by atoms with E-state index < -0.39 is 6.09 Å². The summed E-state index contributed by atoms with van der Waals surface area (Å²) >= 11 is 0. The van der Waals surface area contributed by atoms with Crippen molar-refractivity contribution in [1.82, 2.24) is 19.8 Å². The zero-order chi connectivity index (χ0) is 23.5. The molecule has 0 bridgehead atoms. The van der Waals surface area contributed by atoms with Crippen molar-refractivity contribution < 1.29 is 19.4 Å². The number of carbonyl (C=O) groups excluding carboxylic acids is 1. The van der Waals surface area contributed by atoms with Crippen LogP contribution in [0, 0.1) is 0 Å². The van der Waals surface area contributed by atoms with E-state index in [4.69, 9.17) is 4.74 Å². The number of ether oxygens (including phenoxy) is 1. The predicted octanol–water partition coefficient (Wildman–Crippen LogP) is 4.46. The number of aromatic nitrogens is 2. The maximum Gasteiger partial charge on any atom is 0.407 e. The van der Waals surface area contributed by atoms with Gasteiger partial charge in [0.2, 0.25) is 0 Å². The first-order chi connectivity index (χ1) is 15.9. The lowest BCUT2D eigenvalue weighted by atomic mass is 9.98. The number of hydrogen-bond acceptors (Lipinski definition) is 4. The molecule has 0 saturated carbocycles. The third kappa shape index (κ3) is 4.94. The van der Waals surface area contributed by atoms with Gasteiger partial charge < -0.3 is 24.6 Å². The van der Waals surface area contributed by atoms with E-state index in [1.54, 1.807) is 6.20 Å². The highest BCUT2D eigenvalue weighted by atomic mass is 16.5. The molecule has 174 valence electrons. The van der Waals surface area contributed by atoms with Crippen molar-refractivity contribution in [1.29, 1.82) is 0 Å². The van der Waals surface area contributed by atoms with E-state index in [1.165, 1.54) is 4.90 Å². The molecule has 2 aromatic heterocycles. The van der Waals surface area contributed by atoms with E-state index in [-0.39, 0.29) is 24.1 Å². The zero-order valence-corrected chi connectivity index (χ0v) is 19.2. The number of likely N-dealkylation sites (tertiary alicyclic amines) is 1. The first-order valence-electron chi connectivity index (χ1n) is 11.4. The van der Waals surface area contributed by atoms with Gasteiger partial charge in [0.15, 0.2) is 0 Å². The molecule has 2 amide bonds. The number of nitrogens with zero attached hydrogens (tertiary/aromatic N) is 3. The van der Waals surface area contributed by atoms with Gasteiger partial charge in [0.25, 0.3) is 5.91 Å². The molecule has 1 aliphatic heterocycles. The topological polar surface area (TPSA) is 96.7 Å². The summed E-state index contributed by atoms with van der Waals surface area (Å²) in [5.74, 6) is 1.34. The Bertz CT molecular complexity index is 1140. The quantitative estimate of drug-likeness (QED) is 0.578. The van der Waals surface area contributed by atoms with Crippen molar-refractivity contribution in [3.8, 4) is 11.6 Å². The van der Waals surface area contributed by atoms with E-state index >= 15 is 0 Å². The molecule has 1 aliphatic rings. The fraction of sp³-hybridized carbons (Fsp3) is 0.400. The van der Waals surface area contributed by atoms with Gasteiger partial charge in [0.1, 0.15) is 17.7 Å². The zero-order valence-electron chi connectivity index (χ0n) is 19.2. The van der Waals surface area contributed by atoms with Crippen LogP contribution in [0.5, 0.6) is 5.75 Å². The van der Waals surface area contributed by atoms with Crippen LogP contribution in [0.4, 0.5) is 4.79 Å². The monoisotopic (exact) mass is 450 g/mol. The summed E-state index contributed by atoms with van der Waals surface area (Å²) < 4.78 is 8.09. The van der Waals surface area contributed by atoms with Crippen LogP contribution in [0.2, 0.25) is 0 Å². The van der Waals surface area contributed by atoms with Gasteiger partial charge in [-0.3, -0.25) is 4.79 Å². The normalized spacial score (nSPS) is 18.5. The molecular weight excluding hydrogens is 420 g/mol. The van der Waals surface area contributed by atoms with Crippen LogP contribution in [0.3, 0.4) is 0 Å². The molecule has 1 fully saturated rings. The Morgan fingerprint density at radius 3 is 2.73 bits per heavy atom. The average Bonchev–Trinajstić information content (AvgIpc) is 3.22. The summed E-state index contributed by atoms with van der Waals surface area (Å²) in [7, 11) is 0. The molecular formula is C25H30N4O4. The minimum Gasteiger partial charge on any atom is -0.489 e. The minimum absolute atomic E-state index is 0.0211. The Labute approximate surface area is 193 Å². The van der Waals surface area contributed by atoms with Crippen LogP contribution < -0.4 is 10.1 Å². The van der Waals surface area contributed by atoms with Crippen LogP contribution in [0.1, 0.15) is 50.4 Å². The Morgan fingerprint density at radius 1 is 1.24 bits per heavy atom. The predicted molar refractivity (Wildman–Crippen MR) is 126 cm³/mol. The molecule has 33 heavy (non-hydrogen) atoms. The number of hydrogen-bond donors (Lipinski definition) is 2. The summed E-state index contributed by atoms with van der Waals surface area (Å²) in [6.07, 6.45) is 4.87. The number of benzene rings is 1. The van der Waals surface area contributed by atoms with Crippen LogP contribution in [0.25, 0.3) is 16.7 Å². The highest BCUT2D eigenvalue weighted by Gasteiger charge is 2.31. The van der Waals surface area contributed by atoms with Crippen LogP contribution in [-0.2, 0) is 0 Å². The third-order valence-corrected chi connectivity index (χ3v) is 6.03. The Hall–Kier alpha value is -3.55. The van der Waals surface area contributed by atoms with E-state index in [9.17, 15) is 14.7 Å². The molecule has 0 spiro atoms. The first kappa shape index (κ1) is 22.6. The highest BCUT2D eigenvalue weighted by Crippen LogP contribution is 2.26. The number of nitrogens with one attached hydrogen (secondary N) is 1. The average molecular weight is 451 g/mol. The summed E-state index contributed by atoms with van der Waals surface area (Å²) in [6, 6.07) is 11.5. The van der Waals surface area contributed by atoms with Gasteiger partial charge in [0.05, 0.1) is 11.7 Å². The second-order valence-corrected chi connectivity index (χ2v) is 8.74. The van der Waals surface area contributed by atoms with Gasteiger partial charge in [-0.15, -0.1) is 0 Å². The number of piperidine rings is 1. The molecule has 1 saturated heterocycles. The highest BCUT2D eigenvalue weighted by molar-refractivity contribution is 5.98. The number of carboxylic acid groups (broad SMARTS) is 1. The van der Waals surface area contributed by atoms with Crippen molar-refractivity contribution in [2.24, 2.45) is 0 Å². The van der Waals surface area contributed by atoms with Crippen LogP contribution in [0.15, 0.2) is 48.8 Å². The van der Waals surface area contributed by atoms with E-state index in [0.29, 0.717) is 30.7 Å². The summed E-state index contributed by atoms with van der Waals surface area (Å²) in [5.41, 5.74) is 1.59. The van der Waals surface area contributed by atoms with Gasteiger partial charge in [-0.25, -0.2) is 9.78 Å². The van der Waals surface area contributed by atoms with Crippen molar-refractivity contribution in [2.75, 3.05) is 6.54 Å². The van der Waals surface area contributed by atoms with Gasteiger partial charge in [-0.2, -0.15) is 0 Å². The second-order valence-electron chi connectivity index (χ2n) is 8.74. The van der Waals surface area contributed by atoms with Crippen molar-refractivity contribution in [3.63, 3.8) is 0 Å². The number of amides is 2. The molecule has 2 atom stereocenters. The van der Waals surface area contributed by atoms with E-state index in [1.807, 2.05) is 67.9 Å². The van der Waals surface area contributed by atoms with Crippen LogP contribution >= 0.6 is 0 Å². The lowest BCUT2D eigenvalue weighted by molar-refractivity contribution is 0.0529. The molecule has 0 aliphatic carbocycles. The fourth-order valence-corrected chi connectivity index (χ4v) is 4.37. The van der Waals surface area contributed by atoms with Gasteiger partial charge in [0, 0.05) is 48.6 Å². The third-order valence-electron chi connectivity index (χ3n) is 6.03. The van der Waals surface area contributed by atoms with Gasteiger partial charge in [-0.1, -0.05) is 6.92 Å². The lowest BCUT2D eigenvalue weighted by Gasteiger charge is -2.37. The SMILES string of the molecule is CCC1CC(Oc2ccc(-n3ccc4cc(C(=O)NC(C)C)ccc43)nc2)CCN1C(=O)O. The smallest absolute Gasteiger partial charge is 0.407 e. The molecule has 2 unspecified atom stereocenters. The summed E-state index contributed by atoms with van der Waals surface area (Å²) in [6.45, 7) is 6.36. The van der Waals surface area contributed by atoms with Crippen molar-refractivity contribution in [3.05, 3.63) is 54.4 Å². The molecule has 3 aromatic rings. The molecule has 8 nitrogen and oxygen atoms in total. The molecule has 8 heteroatoms. The first-order valence-corrected chi connectivity index (χ1v) is 11.4. The molecule has 0 radical (unpaired) electrons. The fourth-order valence-electron chi connectivity index (χ4n) is 4.37. The number of pyridine rings is 1. The maximum absolute atomic E-state index is 12.3. The maximum atomic E-state index is 12.3. The van der Waals surface area contributed by atoms with Crippen molar-refractivity contribution >= 4 is 22.9 Å². The van der Waals surface area contributed by atoms with Gasteiger partial charge in [-0.05, 0) is 56.7 Å². The number of carbonyl (C=O) groups is 2. The summed E-state index contributed by atoms with van der Waals surface area (Å²) in [4.78, 5) is 29.8. The largest absolute Gasteiger partial charge is 0.489 e. The second kappa shape index (κ2) is 9.52. The molecule has 1 aromatic carbocycles. The number of rotatable bonds is 6. The molecule has 3 heterocycles. The number of fused-ring (bicyclic) bond motifs is 1. The molecule has 4 rings (SSSR count). The van der Waals surface area contributed by atoms with Crippen LogP contribution in [-0.4, -0.2) is 56.3 Å². The summed E-state index contributed by atoms with van der Waals surface area (Å²) in [5, 5.41) is 13.2. The minimum atomic E-state index is -0.863. The lowest BCUT2D eigenvalue weighted by Crippen LogP contribution is -2.48. The Balaban J connectivity index is 1.46. The van der Waals surface area contributed by atoms with Gasteiger partial charge >= 0.3 is 6.09 Å². The van der Waals surface area contributed by atoms with Crippen molar-refractivity contribution in [2.45, 2.75) is 58.2 Å². The van der Waals surface area contributed by atoms with E-state index in [2.05, 4.69) is 10.3 Å². The Kier molecular flexibility index (Phi) is 6.53.